The van der Waals surface area contributed by atoms with Crippen LogP contribution in [0.3, 0.4) is 0 Å². The minimum absolute atomic E-state index is 0.0742. The molecule has 0 aliphatic heterocycles. The molecule has 0 spiro atoms. The molecule has 1 atom stereocenters. The second-order valence-electron chi connectivity index (χ2n) is 3.90. The summed E-state index contributed by atoms with van der Waals surface area (Å²) in [5.41, 5.74) is -0.0742. The van der Waals surface area contributed by atoms with Gasteiger partial charge in [-0.15, -0.1) is 11.3 Å². The number of rotatable bonds is 5. The molecule has 6 heteroatoms. The lowest BCUT2D eigenvalue weighted by Gasteiger charge is -2.23. The van der Waals surface area contributed by atoms with E-state index in [1.165, 1.54) is 5.38 Å². The van der Waals surface area contributed by atoms with Crippen molar-refractivity contribution in [3.05, 3.63) is 16.1 Å². The molecule has 1 rings (SSSR count). The molecule has 0 bridgehead atoms. The first-order valence-electron chi connectivity index (χ1n) is 5.43. The third kappa shape index (κ3) is 3.26. The average Bonchev–Trinajstić information content (AvgIpc) is 2.76. The first-order chi connectivity index (χ1) is 7.97. The van der Waals surface area contributed by atoms with Gasteiger partial charge in [0, 0.05) is 18.5 Å². The van der Waals surface area contributed by atoms with Crippen LogP contribution in [-0.2, 0) is 0 Å². The minimum atomic E-state index is -1.11. The molecule has 0 saturated heterocycles. The maximum Gasteiger partial charge on any atom is 0.355 e. The van der Waals surface area contributed by atoms with E-state index in [0.717, 1.165) is 24.2 Å². The number of aromatic carboxylic acids is 1. The van der Waals surface area contributed by atoms with Crippen LogP contribution in [-0.4, -0.2) is 40.0 Å². The van der Waals surface area contributed by atoms with E-state index in [0.29, 0.717) is 0 Å². The van der Waals surface area contributed by atoms with Gasteiger partial charge in [-0.05, 0) is 13.3 Å². The molecule has 94 valence electrons. The number of carbonyl (C=O) groups is 2. The fourth-order valence-electron chi connectivity index (χ4n) is 1.43. The maximum atomic E-state index is 12.0. The number of hydrogen-bond donors (Lipinski definition) is 1. The van der Waals surface area contributed by atoms with Gasteiger partial charge in [-0.2, -0.15) is 0 Å². The maximum absolute atomic E-state index is 12.0. The van der Waals surface area contributed by atoms with Gasteiger partial charge in [0.25, 0.3) is 5.91 Å². The highest BCUT2D eigenvalue weighted by Gasteiger charge is 2.21. The predicted molar refractivity (Wildman–Crippen MR) is 65.5 cm³/mol. The Hall–Kier alpha value is -1.43. The van der Waals surface area contributed by atoms with Gasteiger partial charge in [-0.25, -0.2) is 9.78 Å². The van der Waals surface area contributed by atoms with E-state index < -0.39 is 5.97 Å². The van der Waals surface area contributed by atoms with Crippen molar-refractivity contribution >= 4 is 23.2 Å². The van der Waals surface area contributed by atoms with Crippen LogP contribution >= 0.6 is 11.3 Å². The Labute approximate surface area is 104 Å². The summed E-state index contributed by atoms with van der Waals surface area (Å²) < 4.78 is 0. The van der Waals surface area contributed by atoms with Crippen LogP contribution in [0, 0.1) is 0 Å². The third-order valence-electron chi connectivity index (χ3n) is 2.59. The number of thiazole rings is 1. The monoisotopic (exact) mass is 256 g/mol. The van der Waals surface area contributed by atoms with Crippen molar-refractivity contribution in [2.24, 2.45) is 0 Å². The zero-order valence-electron chi connectivity index (χ0n) is 10.1. The van der Waals surface area contributed by atoms with Gasteiger partial charge >= 0.3 is 5.97 Å². The smallest absolute Gasteiger partial charge is 0.355 e. The van der Waals surface area contributed by atoms with Crippen LogP contribution in [0.1, 0.15) is 47.0 Å². The number of carbonyl (C=O) groups excluding carboxylic acids is 1. The van der Waals surface area contributed by atoms with Crippen LogP contribution in [0.2, 0.25) is 0 Å². The largest absolute Gasteiger partial charge is 0.476 e. The number of carboxylic acid groups (broad SMARTS) is 1. The summed E-state index contributed by atoms with van der Waals surface area (Å²) in [5, 5.41) is 10.3. The molecule has 1 aromatic rings. The summed E-state index contributed by atoms with van der Waals surface area (Å²) in [6.07, 6.45) is 1.91. The van der Waals surface area contributed by atoms with Crippen LogP contribution in [0.4, 0.5) is 0 Å². The van der Waals surface area contributed by atoms with Crippen LogP contribution < -0.4 is 0 Å². The molecule has 0 fully saturated rings. The molecular formula is C11H16N2O3S. The number of nitrogens with zero attached hydrogens (tertiary/aromatic N) is 2. The summed E-state index contributed by atoms with van der Waals surface area (Å²) in [6, 6.07) is 0.129. The zero-order chi connectivity index (χ0) is 13.0. The van der Waals surface area contributed by atoms with Crippen LogP contribution in [0.5, 0.6) is 0 Å². The van der Waals surface area contributed by atoms with E-state index in [2.05, 4.69) is 11.9 Å². The van der Waals surface area contributed by atoms with Gasteiger partial charge in [0.15, 0.2) is 10.7 Å². The lowest BCUT2D eigenvalue weighted by molar-refractivity contribution is 0.0691. The number of carboxylic acids is 1. The SMILES string of the molecule is CCCC(C)N(C)C(=O)c1nc(C(=O)O)cs1. The van der Waals surface area contributed by atoms with Gasteiger partial charge < -0.3 is 10.0 Å². The Morgan fingerprint density at radius 1 is 1.59 bits per heavy atom. The lowest BCUT2D eigenvalue weighted by Crippen LogP contribution is -2.34. The summed E-state index contributed by atoms with van der Waals surface area (Å²) >= 11 is 1.07. The molecule has 1 N–H and O–H groups in total. The number of amides is 1. The van der Waals surface area contributed by atoms with Crippen molar-refractivity contribution in [2.75, 3.05) is 7.05 Å². The Kier molecular flexibility index (Phi) is 4.62. The van der Waals surface area contributed by atoms with Crippen molar-refractivity contribution in [1.29, 1.82) is 0 Å². The molecule has 0 aliphatic carbocycles. The molecule has 0 aromatic carbocycles. The Balaban J connectivity index is 2.77. The van der Waals surface area contributed by atoms with E-state index in [4.69, 9.17) is 5.11 Å². The van der Waals surface area contributed by atoms with E-state index in [-0.39, 0.29) is 22.7 Å². The summed E-state index contributed by atoms with van der Waals surface area (Å²) in [4.78, 5) is 28.0. The summed E-state index contributed by atoms with van der Waals surface area (Å²) in [5.74, 6) is -1.33. The van der Waals surface area contributed by atoms with Crippen molar-refractivity contribution < 1.29 is 14.7 Å². The Bertz CT molecular complexity index is 417. The van der Waals surface area contributed by atoms with Crippen molar-refractivity contribution in [3.63, 3.8) is 0 Å². The summed E-state index contributed by atoms with van der Waals surface area (Å²) in [6.45, 7) is 4.02. The highest BCUT2D eigenvalue weighted by atomic mass is 32.1. The summed E-state index contributed by atoms with van der Waals surface area (Å²) in [7, 11) is 1.71. The molecule has 0 saturated carbocycles. The normalized spacial score (nSPS) is 12.2. The van der Waals surface area contributed by atoms with E-state index >= 15 is 0 Å². The molecule has 1 amide bonds. The highest BCUT2D eigenvalue weighted by Crippen LogP contribution is 2.14. The van der Waals surface area contributed by atoms with Crippen molar-refractivity contribution in [3.8, 4) is 0 Å². The first kappa shape index (κ1) is 13.6. The van der Waals surface area contributed by atoms with Crippen molar-refractivity contribution in [1.82, 2.24) is 9.88 Å². The molecule has 1 aromatic heterocycles. The van der Waals surface area contributed by atoms with Gasteiger partial charge in [0.2, 0.25) is 0 Å². The standard InChI is InChI=1S/C11H16N2O3S/c1-4-5-7(2)13(3)10(14)9-12-8(6-17-9)11(15)16/h6-7H,4-5H2,1-3H3,(H,15,16). The number of hydrogen-bond acceptors (Lipinski definition) is 4. The number of aromatic nitrogens is 1. The predicted octanol–water partition coefficient (Wildman–Crippen LogP) is 2.10. The molecule has 5 nitrogen and oxygen atoms in total. The molecule has 0 aliphatic rings. The highest BCUT2D eigenvalue weighted by molar-refractivity contribution is 7.11. The second kappa shape index (κ2) is 5.77. The average molecular weight is 256 g/mol. The van der Waals surface area contributed by atoms with Gasteiger partial charge in [-0.1, -0.05) is 13.3 Å². The molecule has 0 radical (unpaired) electrons. The third-order valence-corrected chi connectivity index (χ3v) is 3.42. The van der Waals surface area contributed by atoms with Crippen LogP contribution in [0.15, 0.2) is 5.38 Å². The van der Waals surface area contributed by atoms with Gasteiger partial charge in [0.1, 0.15) is 0 Å². The van der Waals surface area contributed by atoms with Crippen LogP contribution in [0.25, 0.3) is 0 Å². The Morgan fingerprint density at radius 2 is 2.24 bits per heavy atom. The van der Waals surface area contributed by atoms with Gasteiger partial charge in [-0.3, -0.25) is 4.79 Å². The quantitative estimate of drug-likeness (QED) is 0.875. The second-order valence-corrected chi connectivity index (χ2v) is 4.75. The lowest BCUT2D eigenvalue weighted by atomic mass is 10.2. The first-order valence-corrected chi connectivity index (χ1v) is 6.31. The van der Waals surface area contributed by atoms with Gasteiger partial charge in [0.05, 0.1) is 0 Å². The van der Waals surface area contributed by atoms with E-state index in [1.807, 2.05) is 6.92 Å². The minimum Gasteiger partial charge on any atom is -0.476 e. The van der Waals surface area contributed by atoms with Crippen molar-refractivity contribution in [2.45, 2.75) is 32.7 Å². The molecule has 1 heterocycles. The van der Waals surface area contributed by atoms with E-state index in [9.17, 15) is 9.59 Å². The Morgan fingerprint density at radius 3 is 2.71 bits per heavy atom. The molecular weight excluding hydrogens is 240 g/mol. The fourth-order valence-corrected chi connectivity index (χ4v) is 2.21. The fraction of sp³-hybridized carbons (Fsp3) is 0.545. The zero-order valence-corrected chi connectivity index (χ0v) is 11.0. The molecule has 17 heavy (non-hydrogen) atoms. The topological polar surface area (TPSA) is 70.5 Å². The van der Waals surface area contributed by atoms with E-state index in [1.54, 1.807) is 11.9 Å². The molecule has 1 unspecified atom stereocenters.